The summed E-state index contributed by atoms with van der Waals surface area (Å²) in [6.07, 6.45) is 1.76. The molecule has 1 aromatic heterocycles. The second kappa shape index (κ2) is 8.85. The van der Waals surface area contributed by atoms with Gasteiger partial charge in [-0.1, -0.05) is 29.8 Å². The number of carbonyl (C=O) groups excluding carboxylic acids is 1. The fourth-order valence-corrected chi connectivity index (χ4v) is 3.85. The van der Waals surface area contributed by atoms with Crippen LogP contribution in [-0.2, 0) is 11.3 Å². The minimum absolute atomic E-state index is 0.0817. The van der Waals surface area contributed by atoms with Crippen LogP contribution in [0.15, 0.2) is 24.3 Å². The third-order valence-electron chi connectivity index (χ3n) is 5.21. The van der Waals surface area contributed by atoms with E-state index in [4.69, 9.17) is 11.6 Å². The van der Waals surface area contributed by atoms with Crippen LogP contribution >= 0.6 is 11.6 Å². The van der Waals surface area contributed by atoms with Crippen LogP contribution in [0.2, 0.25) is 5.02 Å². The number of aromatic nitrogens is 3. The van der Waals surface area contributed by atoms with Gasteiger partial charge in [0.25, 0.3) is 0 Å². The summed E-state index contributed by atoms with van der Waals surface area (Å²) in [5.74, 6) is 1.87. The van der Waals surface area contributed by atoms with Gasteiger partial charge >= 0.3 is 0 Å². The molecular formula is C20H28ClN5O. The van der Waals surface area contributed by atoms with E-state index in [1.54, 1.807) is 0 Å². The first kappa shape index (κ1) is 19.8. The minimum Gasteiger partial charge on any atom is -0.354 e. The number of nitrogens with zero attached hydrogens (tertiary/aromatic N) is 4. The number of benzene rings is 1. The number of aryl methyl sites for hydroxylation is 2. The zero-order valence-corrected chi connectivity index (χ0v) is 17.0. The molecule has 2 aromatic rings. The Labute approximate surface area is 165 Å². The molecule has 0 bridgehead atoms. The van der Waals surface area contributed by atoms with Crippen LogP contribution in [0.1, 0.15) is 43.0 Å². The van der Waals surface area contributed by atoms with Gasteiger partial charge in [0, 0.05) is 24.0 Å². The third kappa shape index (κ3) is 5.08. The van der Waals surface area contributed by atoms with Crippen LogP contribution in [0.5, 0.6) is 0 Å². The molecule has 3 rings (SSSR count). The molecule has 1 aromatic carbocycles. The van der Waals surface area contributed by atoms with Crippen molar-refractivity contribution in [3.05, 3.63) is 46.5 Å². The number of carbonyl (C=O) groups is 1. The molecule has 1 amide bonds. The summed E-state index contributed by atoms with van der Waals surface area (Å²) in [5, 5.41) is 8.30. The van der Waals surface area contributed by atoms with Crippen LogP contribution < -0.4 is 5.32 Å². The summed E-state index contributed by atoms with van der Waals surface area (Å²) in [7, 11) is 0. The van der Waals surface area contributed by atoms with Gasteiger partial charge in [-0.15, -0.1) is 0 Å². The fourth-order valence-electron chi connectivity index (χ4n) is 3.65. The molecule has 7 heteroatoms. The predicted molar refractivity (Wildman–Crippen MR) is 107 cm³/mol. The van der Waals surface area contributed by atoms with Gasteiger partial charge in [0.2, 0.25) is 5.91 Å². The zero-order valence-electron chi connectivity index (χ0n) is 16.3. The molecule has 2 heterocycles. The number of nitrogens with one attached hydrogen (secondary N) is 1. The largest absolute Gasteiger partial charge is 0.354 e. The van der Waals surface area contributed by atoms with Crippen LogP contribution in [0, 0.1) is 19.8 Å². The van der Waals surface area contributed by atoms with Gasteiger partial charge in [0.1, 0.15) is 11.6 Å². The quantitative estimate of drug-likeness (QED) is 0.824. The van der Waals surface area contributed by atoms with E-state index in [9.17, 15) is 4.79 Å². The van der Waals surface area contributed by atoms with Gasteiger partial charge < -0.3 is 5.32 Å². The Bertz CT molecular complexity index is 782. The highest BCUT2D eigenvalue weighted by atomic mass is 35.5. The monoisotopic (exact) mass is 389 g/mol. The fraction of sp³-hybridized carbons (Fsp3) is 0.550. The SMILES string of the molecule is Cc1nc(C)n(C(C)CNC(=O)C2CCN(Cc3ccccc3Cl)CC2)n1. The van der Waals surface area contributed by atoms with Gasteiger partial charge in [-0.3, -0.25) is 9.69 Å². The first-order valence-electron chi connectivity index (χ1n) is 9.57. The molecule has 6 nitrogen and oxygen atoms in total. The second-order valence-corrected chi connectivity index (χ2v) is 7.79. The standard InChI is InChI=1S/C20H28ClN5O/c1-14(26-16(3)23-15(2)24-26)12-22-20(27)17-8-10-25(11-9-17)13-18-6-4-5-7-19(18)21/h4-7,14,17H,8-13H2,1-3H3,(H,22,27). The molecule has 146 valence electrons. The van der Waals surface area contributed by atoms with Gasteiger partial charge in [-0.25, -0.2) is 9.67 Å². The van der Waals surface area contributed by atoms with Crippen molar-refractivity contribution in [3.63, 3.8) is 0 Å². The van der Waals surface area contributed by atoms with Crippen LogP contribution in [0.3, 0.4) is 0 Å². The zero-order chi connectivity index (χ0) is 19.4. The van der Waals surface area contributed by atoms with E-state index in [2.05, 4.69) is 26.4 Å². The first-order chi connectivity index (χ1) is 12.9. The van der Waals surface area contributed by atoms with E-state index in [0.29, 0.717) is 6.54 Å². The lowest BCUT2D eigenvalue weighted by Gasteiger charge is -2.31. The minimum atomic E-state index is 0.0817. The van der Waals surface area contributed by atoms with Crippen molar-refractivity contribution in [1.29, 1.82) is 0 Å². The Kier molecular flexibility index (Phi) is 6.50. The van der Waals surface area contributed by atoms with Crippen LogP contribution in [-0.4, -0.2) is 45.2 Å². The number of hydrogen-bond donors (Lipinski definition) is 1. The lowest BCUT2D eigenvalue weighted by Crippen LogP contribution is -2.41. The number of likely N-dealkylation sites (tertiary alicyclic amines) is 1. The van der Waals surface area contributed by atoms with Crippen molar-refractivity contribution in [2.24, 2.45) is 5.92 Å². The van der Waals surface area contributed by atoms with Crippen molar-refractivity contribution in [3.8, 4) is 0 Å². The van der Waals surface area contributed by atoms with Crippen molar-refractivity contribution < 1.29 is 4.79 Å². The molecule has 1 saturated heterocycles. The average Bonchev–Trinajstić information content (AvgIpc) is 3.00. The van der Waals surface area contributed by atoms with E-state index in [1.165, 1.54) is 0 Å². The average molecular weight is 390 g/mol. The molecule has 1 atom stereocenters. The highest BCUT2D eigenvalue weighted by molar-refractivity contribution is 6.31. The Morgan fingerprint density at radius 1 is 1.30 bits per heavy atom. The lowest BCUT2D eigenvalue weighted by atomic mass is 9.95. The highest BCUT2D eigenvalue weighted by Crippen LogP contribution is 2.22. The molecule has 0 aliphatic carbocycles. The number of amides is 1. The topological polar surface area (TPSA) is 63.1 Å². The molecule has 1 N–H and O–H groups in total. The van der Waals surface area contributed by atoms with Crippen molar-refractivity contribution in [2.75, 3.05) is 19.6 Å². The van der Waals surface area contributed by atoms with Gasteiger partial charge in [-0.2, -0.15) is 5.10 Å². The summed E-state index contributed by atoms with van der Waals surface area (Å²) in [6.45, 7) is 9.12. The molecule has 0 spiro atoms. The van der Waals surface area contributed by atoms with Crippen LogP contribution in [0.25, 0.3) is 0 Å². The molecule has 0 saturated carbocycles. The molecule has 27 heavy (non-hydrogen) atoms. The number of hydrogen-bond acceptors (Lipinski definition) is 4. The van der Waals surface area contributed by atoms with E-state index in [0.717, 1.165) is 54.7 Å². The molecule has 0 radical (unpaired) electrons. The first-order valence-corrected chi connectivity index (χ1v) is 9.95. The maximum Gasteiger partial charge on any atom is 0.223 e. The number of piperidine rings is 1. The van der Waals surface area contributed by atoms with E-state index < -0.39 is 0 Å². The van der Waals surface area contributed by atoms with Crippen molar-refractivity contribution in [1.82, 2.24) is 25.0 Å². The van der Waals surface area contributed by atoms with Crippen LogP contribution in [0.4, 0.5) is 0 Å². The number of rotatable bonds is 6. The summed E-state index contributed by atoms with van der Waals surface area (Å²) in [6, 6.07) is 8.05. The van der Waals surface area contributed by atoms with Gasteiger partial charge in [0.05, 0.1) is 6.04 Å². The number of halogens is 1. The summed E-state index contributed by atoms with van der Waals surface area (Å²) < 4.78 is 1.88. The lowest BCUT2D eigenvalue weighted by molar-refractivity contribution is -0.126. The van der Waals surface area contributed by atoms with E-state index >= 15 is 0 Å². The second-order valence-electron chi connectivity index (χ2n) is 7.39. The maximum atomic E-state index is 12.5. The Balaban J connectivity index is 1.44. The maximum absolute atomic E-state index is 12.5. The summed E-state index contributed by atoms with van der Waals surface area (Å²) in [4.78, 5) is 19.2. The normalized spacial score (nSPS) is 17.0. The van der Waals surface area contributed by atoms with Gasteiger partial charge in [0.15, 0.2) is 0 Å². The Morgan fingerprint density at radius 3 is 2.63 bits per heavy atom. The van der Waals surface area contributed by atoms with E-state index in [-0.39, 0.29) is 17.9 Å². The Hall–Kier alpha value is -1.92. The Morgan fingerprint density at radius 2 is 2.00 bits per heavy atom. The van der Waals surface area contributed by atoms with Crippen molar-refractivity contribution >= 4 is 17.5 Å². The third-order valence-corrected chi connectivity index (χ3v) is 5.58. The molecule has 1 fully saturated rings. The summed E-state index contributed by atoms with van der Waals surface area (Å²) in [5.41, 5.74) is 1.15. The highest BCUT2D eigenvalue weighted by Gasteiger charge is 2.25. The molecule has 1 aliphatic rings. The molecule has 1 aliphatic heterocycles. The van der Waals surface area contributed by atoms with Crippen molar-refractivity contribution in [2.45, 2.75) is 46.2 Å². The van der Waals surface area contributed by atoms with Gasteiger partial charge in [-0.05, 0) is 58.3 Å². The molecular weight excluding hydrogens is 362 g/mol. The predicted octanol–water partition coefficient (Wildman–Crippen LogP) is 3.14. The van der Waals surface area contributed by atoms with E-state index in [1.807, 2.05) is 43.7 Å². The smallest absolute Gasteiger partial charge is 0.223 e. The molecule has 1 unspecified atom stereocenters. The summed E-state index contributed by atoms with van der Waals surface area (Å²) >= 11 is 6.25.